The second-order valence-corrected chi connectivity index (χ2v) is 7.81. The first-order chi connectivity index (χ1) is 12.5. The number of benzene rings is 1. The Labute approximate surface area is 156 Å². The quantitative estimate of drug-likeness (QED) is 0.890. The Morgan fingerprint density at radius 3 is 2.31 bits per heavy atom. The topological polar surface area (TPSA) is 52.7 Å². The lowest BCUT2D eigenvalue weighted by atomic mass is 9.92. The Hall–Kier alpha value is -2.04. The number of amides is 3. The molecule has 0 aromatic heterocycles. The van der Waals surface area contributed by atoms with Gasteiger partial charge in [0.15, 0.2) is 0 Å². The lowest BCUT2D eigenvalue weighted by Gasteiger charge is -2.33. The summed E-state index contributed by atoms with van der Waals surface area (Å²) in [6.45, 7) is 7.43. The van der Waals surface area contributed by atoms with E-state index < -0.39 is 0 Å². The fraction of sp³-hybridized carbons (Fsp3) is 0.619. The molecule has 0 radical (unpaired) electrons. The highest BCUT2D eigenvalue weighted by Gasteiger charge is 2.26. The number of likely N-dealkylation sites (tertiary alicyclic amines) is 2. The molecule has 0 aliphatic carbocycles. The number of nitrogens with one attached hydrogen (secondary N) is 1. The molecule has 2 heterocycles. The number of nitrogens with zero attached hydrogens (tertiary/aromatic N) is 2. The highest BCUT2D eigenvalue weighted by atomic mass is 16.2. The summed E-state index contributed by atoms with van der Waals surface area (Å²) < 4.78 is 0. The number of anilines is 1. The highest BCUT2D eigenvalue weighted by molar-refractivity contribution is 5.89. The maximum absolute atomic E-state index is 12.5. The molecular formula is C21H31N3O2. The summed E-state index contributed by atoms with van der Waals surface area (Å²) in [5.74, 6) is 0.720. The van der Waals surface area contributed by atoms with Crippen molar-refractivity contribution in [2.45, 2.75) is 52.4 Å². The lowest BCUT2D eigenvalue weighted by Crippen LogP contribution is -2.42. The number of piperidine rings is 2. The van der Waals surface area contributed by atoms with E-state index in [9.17, 15) is 9.59 Å². The smallest absolute Gasteiger partial charge is 0.321 e. The Kier molecular flexibility index (Phi) is 6.17. The van der Waals surface area contributed by atoms with Gasteiger partial charge in [0, 0.05) is 38.3 Å². The van der Waals surface area contributed by atoms with E-state index in [0.29, 0.717) is 18.2 Å². The first-order valence-corrected chi connectivity index (χ1v) is 9.94. The lowest BCUT2D eigenvalue weighted by molar-refractivity contribution is -0.133. The largest absolute Gasteiger partial charge is 0.343 e. The average Bonchev–Trinajstić information content (AvgIpc) is 2.66. The Balaban J connectivity index is 1.44. The molecule has 5 heteroatoms. The van der Waals surface area contributed by atoms with Crippen LogP contribution in [0.1, 0.15) is 49.7 Å². The molecule has 1 aromatic rings. The summed E-state index contributed by atoms with van der Waals surface area (Å²) in [7, 11) is 0. The number of rotatable bonds is 3. The van der Waals surface area contributed by atoms with Crippen molar-refractivity contribution < 1.29 is 9.59 Å². The third-order valence-corrected chi connectivity index (χ3v) is 5.83. The molecule has 1 aromatic carbocycles. The summed E-state index contributed by atoms with van der Waals surface area (Å²) in [5, 5.41) is 3.00. The molecule has 26 heavy (non-hydrogen) atoms. The number of urea groups is 1. The van der Waals surface area contributed by atoms with Crippen LogP contribution in [-0.4, -0.2) is 47.9 Å². The van der Waals surface area contributed by atoms with Crippen LogP contribution in [0.5, 0.6) is 0 Å². The SMILES string of the molecule is Cc1ccc(NC(=O)N2CCC(CC(=O)N3CCCCC3)CC2)cc1C. The average molecular weight is 357 g/mol. The van der Waals surface area contributed by atoms with Crippen molar-refractivity contribution in [3.8, 4) is 0 Å². The van der Waals surface area contributed by atoms with E-state index in [-0.39, 0.29) is 6.03 Å². The molecule has 0 spiro atoms. The molecule has 0 atom stereocenters. The van der Waals surface area contributed by atoms with E-state index in [2.05, 4.69) is 19.2 Å². The van der Waals surface area contributed by atoms with Gasteiger partial charge in [-0.2, -0.15) is 0 Å². The van der Waals surface area contributed by atoms with Crippen molar-refractivity contribution in [1.82, 2.24) is 9.80 Å². The number of hydrogen-bond acceptors (Lipinski definition) is 2. The van der Waals surface area contributed by atoms with Crippen LogP contribution < -0.4 is 5.32 Å². The molecular weight excluding hydrogens is 326 g/mol. The van der Waals surface area contributed by atoms with Crippen molar-refractivity contribution in [1.29, 1.82) is 0 Å². The van der Waals surface area contributed by atoms with E-state index >= 15 is 0 Å². The molecule has 3 rings (SSSR count). The summed E-state index contributed by atoms with van der Waals surface area (Å²) in [6, 6.07) is 5.96. The van der Waals surface area contributed by atoms with Crippen molar-refractivity contribution >= 4 is 17.6 Å². The van der Waals surface area contributed by atoms with E-state index in [1.54, 1.807) is 0 Å². The van der Waals surface area contributed by atoms with E-state index in [0.717, 1.165) is 57.5 Å². The predicted octanol–water partition coefficient (Wildman–Crippen LogP) is 3.95. The van der Waals surface area contributed by atoms with Crippen LogP contribution in [0.3, 0.4) is 0 Å². The molecule has 142 valence electrons. The van der Waals surface area contributed by atoms with E-state index in [1.165, 1.54) is 17.5 Å². The number of carbonyl (C=O) groups is 2. The molecule has 0 saturated carbocycles. The fourth-order valence-corrected chi connectivity index (χ4v) is 3.88. The van der Waals surface area contributed by atoms with Crippen LogP contribution >= 0.6 is 0 Å². The van der Waals surface area contributed by atoms with Gasteiger partial charge in [-0.25, -0.2) is 4.79 Å². The molecule has 2 aliphatic heterocycles. The Morgan fingerprint density at radius 2 is 1.65 bits per heavy atom. The normalized spacial score (nSPS) is 18.7. The van der Waals surface area contributed by atoms with Crippen molar-refractivity contribution in [3.05, 3.63) is 29.3 Å². The van der Waals surface area contributed by atoms with Crippen LogP contribution in [0.2, 0.25) is 0 Å². The van der Waals surface area contributed by atoms with Gasteiger partial charge in [-0.3, -0.25) is 4.79 Å². The second-order valence-electron chi connectivity index (χ2n) is 7.81. The zero-order chi connectivity index (χ0) is 18.5. The zero-order valence-electron chi connectivity index (χ0n) is 16.1. The van der Waals surface area contributed by atoms with Crippen molar-refractivity contribution in [2.24, 2.45) is 5.92 Å². The monoisotopic (exact) mass is 357 g/mol. The van der Waals surface area contributed by atoms with Gasteiger partial charge in [0.05, 0.1) is 0 Å². The highest BCUT2D eigenvalue weighted by Crippen LogP contribution is 2.23. The first kappa shape index (κ1) is 18.7. The van der Waals surface area contributed by atoms with Gasteiger partial charge < -0.3 is 15.1 Å². The van der Waals surface area contributed by atoms with Crippen LogP contribution in [0.15, 0.2) is 18.2 Å². The second kappa shape index (κ2) is 8.56. The van der Waals surface area contributed by atoms with Crippen LogP contribution in [0.4, 0.5) is 10.5 Å². The van der Waals surface area contributed by atoms with E-state index in [1.807, 2.05) is 28.0 Å². The standard InChI is InChI=1S/C21H31N3O2/c1-16-6-7-19(14-17(16)2)22-21(26)24-12-8-18(9-13-24)15-20(25)23-10-4-3-5-11-23/h6-7,14,18H,3-5,8-13,15H2,1-2H3,(H,22,26). The fourth-order valence-electron chi connectivity index (χ4n) is 3.88. The number of hydrogen-bond donors (Lipinski definition) is 1. The minimum absolute atomic E-state index is 0.0333. The van der Waals surface area contributed by atoms with Gasteiger partial charge in [-0.1, -0.05) is 6.07 Å². The van der Waals surface area contributed by atoms with Crippen LogP contribution in [-0.2, 0) is 4.79 Å². The van der Waals surface area contributed by atoms with Crippen molar-refractivity contribution in [3.63, 3.8) is 0 Å². The van der Waals surface area contributed by atoms with Gasteiger partial charge in [0.1, 0.15) is 0 Å². The molecule has 2 fully saturated rings. The third-order valence-electron chi connectivity index (χ3n) is 5.83. The van der Waals surface area contributed by atoms with Gasteiger partial charge in [0.25, 0.3) is 0 Å². The molecule has 5 nitrogen and oxygen atoms in total. The molecule has 2 aliphatic rings. The maximum Gasteiger partial charge on any atom is 0.321 e. The van der Waals surface area contributed by atoms with Gasteiger partial charge in [-0.15, -0.1) is 0 Å². The van der Waals surface area contributed by atoms with Crippen LogP contribution in [0.25, 0.3) is 0 Å². The van der Waals surface area contributed by atoms with E-state index in [4.69, 9.17) is 0 Å². The molecule has 2 saturated heterocycles. The minimum atomic E-state index is -0.0333. The molecule has 0 bridgehead atoms. The zero-order valence-corrected chi connectivity index (χ0v) is 16.1. The molecule has 1 N–H and O–H groups in total. The van der Waals surface area contributed by atoms with Crippen LogP contribution in [0, 0.1) is 19.8 Å². The molecule has 3 amide bonds. The third kappa shape index (κ3) is 4.77. The number of carbonyl (C=O) groups excluding carboxylic acids is 2. The van der Waals surface area contributed by atoms with Crippen molar-refractivity contribution in [2.75, 3.05) is 31.5 Å². The summed E-state index contributed by atoms with van der Waals surface area (Å²) in [5.41, 5.74) is 3.25. The summed E-state index contributed by atoms with van der Waals surface area (Å²) in [4.78, 5) is 28.8. The summed E-state index contributed by atoms with van der Waals surface area (Å²) in [6.07, 6.45) is 6.01. The van der Waals surface area contributed by atoms with Gasteiger partial charge >= 0.3 is 6.03 Å². The molecule has 0 unspecified atom stereocenters. The Morgan fingerprint density at radius 1 is 0.962 bits per heavy atom. The first-order valence-electron chi connectivity index (χ1n) is 9.94. The maximum atomic E-state index is 12.5. The summed E-state index contributed by atoms with van der Waals surface area (Å²) >= 11 is 0. The number of aryl methyl sites for hydroxylation is 2. The van der Waals surface area contributed by atoms with Gasteiger partial charge in [-0.05, 0) is 75.1 Å². The Bertz CT molecular complexity index is 645. The predicted molar refractivity (Wildman–Crippen MR) is 104 cm³/mol. The van der Waals surface area contributed by atoms with Gasteiger partial charge in [0.2, 0.25) is 5.91 Å². The minimum Gasteiger partial charge on any atom is -0.343 e.